The molecular weight excluding hydrogens is 205 g/mol. The summed E-state index contributed by atoms with van der Waals surface area (Å²) < 4.78 is 39.5. The van der Waals surface area contributed by atoms with Crippen LogP contribution in [0, 0.1) is 0 Å². The summed E-state index contributed by atoms with van der Waals surface area (Å²) in [6, 6.07) is 4.03. The van der Waals surface area contributed by atoms with Crippen molar-refractivity contribution in [2.24, 2.45) is 0 Å². The van der Waals surface area contributed by atoms with E-state index in [1.54, 1.807) is 13.0 Å². The van der Waals surface area contributed by atoms with Gasteiger partial charge in [0, 0.05) is 6.54 Å². The zero-order valence-corrected chi connectivity index (χ0v) is 8.04. The number of nitrogens with zero attached hydrogens (tertiary/aromatic N) is 2. The Bertz CT molecular complexity index is 485. The summed E-state index contributed by atoms with van der Waals surface area (Å²) >= 11 is 0. The Morgan fingerprint density at radius 3 is 2.67 bits per heavy atom. The maximum absolute atomic E-state index is 12.7. The molecular formula is C10H9F3N2. The van der Waals surface area contributed by atoms with Gasteiger partial charge in [0.2, 0.25) is 0 Å². The third-order valence-electron chi connectivity index (χ3n) is 2.28. The van der Waals surface area contributed by atoms with Crippen molar-refractivity contribution in [1.29, 1.82) is 0 Å². The van der Waals surface area contributed by atoms with Crippen molar-refractivity contribution in [3.05, 3.63) is 30.1 Å². The van der Waals surface area contributed by atoms with Crippen molar-refractivity contribution >= 4 is 11.0 Å². The van der Waals surface area contributed by atoms with Crippen LogP contribution in [0.5, 0.6) is 0 Å². The predicted molar refractivity (Wildman–Crippen MR) is 50.4 cm³/mol. The molecule has 2 rings (SSSR count). The number of benzene rings is 1. The molecule has 0 bridgehead atoms. The fourth-order valence-corrected chi connectivity index (χ4v) is 1.60. The molecule has 1 aromatic heterocycles. The van der Waals surface area contributed by atoms with Gasteiger partial charge < -0.3 is 4.57 Å². The molecule has 0 fully saturated rings. The first-order valence-corrected chi connectivity index (χ1v) is 4.55. The fraction of sp³-hybridized carbons (Fsp3) is 0.300. The monoisotopic (exact) mass is 214 g/mol. The van der Waals surface area contributed by atoms with Crippen LogP contribution in [0.4, 0.5) is 13.2 Å². The van der Waals surface area contributed by atoms with Gasteiger partial charge in [0.15, 0.2) is 0 Å². The second-order valence-electron chi connectivity index (χ2n) is 3.20. The second kappa shape index (κ2) is 3.25. The van der Waals surface area contributed by atoms with Gasteiger partial charge in [0.05, 0.1) is 22.9 Å². The lowest BCUT2D eigenvalue weighted by atomic mass is 10.2. The van der Waals surface area contributed by atoms with Crippen LogP contribution in [0.1, 0.15) is 12.5 Å². The van der Waals surface area contributed by atoms with Gasteiger partial charge in [0.25, 0.3) is 0 Å². The first-order chi connectivity index (χ1) is 7.04. The molecule has 2 nitrogen and oxygen atoms in total. The van der Waals surface area contributed by atoms with Crippen molar-refractivity contribution < 1.29 is 13.2 Å². The van der Waals surface area contributed by atoms with Gasteiger partial charge in [-0.2, -0.15) is 13.2 Å². The minimum atomic E-state index is -4.33. The molecule has 0 saturated carbocycles. The normalized spacial score (nSPS) is 12.3. The first-order valence-electron chi connectivity index (χ1n) is 4.55. The van der Waals surface area contributed by atoms with Crippen molar-refractivity contribution in [2.45, 2.75) is 19.6 Å². The van der Waals surface area contributed by atoms with E-state index >= 15 is 0 Å². The Labute approximate surface area is 84.3 Å². The van der Waals surface area contributed by atoms with Gasteiger partial charge >= 0.3 is 6.18 Å². The number of fused-ring (bicyclic) bond motifs is 1. The van der Waals surface area contributed by atoms with E-state index in [-0.39, 0.29) is 5.52 Å². The molecule has 0 N–H and O–H groups in total. The first kappa shape index (κ1) is 10.0. The summed E-state index contributed by atoms with van der Waals surface area (Å²) in [6.07, 6.45) is -2.90. The molecule has 0 radical (unpaired) electrons. The molecule has 1 aromatic carbocycles. The number of aryl methyl sites for hydroxylation is 1. The summed E-state index contributed by atoms with van der Waals surface area (Å²) in [4.78, 5) is 3.93. The van der Waals surface area contributed by atoms with Gasteiger partial charge in [-0.25, -0.2) is 4.98 Å². The molecule has 15 heavy (non-hydrogen) atoms. The van der Waals surface area contributed by atoms with Crippen molar-refractivity contribution in [3.8, 4) is 0 Å². The second-order valence-corrected chi connectivity index (χ2v) is 3.20. The van der Waals surface area contributed by atoms with Crippen LogP contribution in [0.3, 0.4) is 0 Å². The number of hydrogen-bond donors (Lipinski definition) is 0. The highest BCUT2D eigenvalue weighted by atomic mass is 19.4. The van der Waals surface area contributed by atoms with E-state index in [9.17, 15) is 13.2 Å². The van der Waals surface area contributed by atoms with Crippen LogP contribution in [0.25, 0.3) is 11.0 Å². The van der Waals surface area contributed by atoms with Crippen LogP contribution in [0.2, 0.25) is 0 Å². The molecule has 5 heteroatoms. The molecule has 2 aromatic rings. The van der Waals surface area contributed by atoms with Crippen LogP contribution in [0.15, 0.2) is 24.5 Å². The topological polar surface area (TPSA) is 17.8 Å². The fourth-order valence-electron chi connectivity index (χ4n) is 1.60. The van der Waals surface area contributed by atoms with Gasteiger partial charge in [-0.1, -0.05) is 6.07 Å². The molecule has 1 heterocycles. The van der Waals surface area contributed by atoms with Gasteiger partial charge in [-0.15, -0.1) is 0 Å². The van der Waals surface area contributed by atoms with Gasteiger partial charge in [-0.3, -0.25) is 0 Å². The van der Waals surface area contributed by atoms with E-state index in [1.165, 1.54) is 17.0 Å². The van der Waals surface area contributed by atoms with Crippen LogP contribution < -0.4 is 0 Å². The zero-order valence-electron chi connectivity index (χ0n) is 8.04. The molecule has 0 spiro atoms. The number of para-hydroxylation sites is 1. The molecule has 0 aliphatic heterocycles. The summed E-state index contributed by atoms with van der Waals surface area (Å²) in [7, 11) is 0. The smallest absolute Gasteiger partial charge is 0.330 e. The standard InChI is InChI=1S/C10H9F3N2/c1-2-15-6-14-8-5-3-4-7(9(8)15)10(11,12)13/h3-6H,2H2,1H3. The Kier molecular flexibility index (Phi) is 2.17. The lowest BCUT2D eigenvalue weighted by molar-refractivity contribution is -0.136. The minimum absolute atomic E-state index is 0.160. The highest BCUT2D eigenvalue weighted by molar-refractivity contribution is 5.79. The quantitative estimate of drug-likeness (QED) is 0.713. The Hall–Kier alpha value is -1.52. The summed E-state index contributed by atoms with van der Waals surface area (Å²) in [6.45, 7) is 2.26. The van der Waals surface area contributed by atoms with Crippen LogP contribution >= 0.6 is 0 Å². The lowest BCUT2D eigenvalue weighted by Gasteiger charge is -2.09. The summed E-state index contributed by atoms with van der Waals surface area (Å²) in [5.74, 6) is 0. The molecule has 80 valence electrons. The number of rotatable bonds is 1. The molecule has 0 amide bonds. The minimum Gasteiger partial charge on any atom is -0.330 e. The highest BCUT2D eigenvalue weighted by Crippen LogP contribution is 2.34. The zero-order chi connectivity index (χ0) is 11.1. The van der Waals surface area contributed by atoms with E-state index in [1.807, 2.05) is 0 Å². The molecule has 0 aliphatic rings. The Morgan fingerprint density at radius 1 is 1.33 bits per heavy atom. The van der Waals surface area contributed by atoms with E-state index in [2.05, 4.69) is 4.98 Å². The van der Waals surface area contributed by atoms with Crippen molar-refractivity contribution in [2.75, 3.05) is 0 Å². The van der Waals surface area contributed by atoms with E-state index in [0.29, 0.717) is 12.1 Å². The average Bonchev–Trinajstić information content (AvgIpc) is 2.58. The summed E-state index contributed by atoms with van der Waals surface area (Å²) in [5, 5.41) is 0. The van der Waals surface area contributed by atoms with Crippen LogP contribution in [-0.2, 0) is 12.7 Å². The maximum Gasteiger partial charge on any atom is 0.418 e. The Morgan fingerprint density at radius 2 is 2.07 bits per heavy atom. The number of halogens is 3. The van der Waals surface area contributed by atoms with Gasteiger partial charge in [-0.05, 0) is 19.1 Å². The van der Waals surface area contributed by atoms with Crippen LogP contribution in [-0.4, -0.2) is 9.55 Å². The SMILES string of the molecule is CCn1cnc2cccc(C(F)(F)F)c21. The number of aromatic nitrogens is 2. The largest absolute Gasteiger partial charge is 0.418 e. The molecule has 0 saturated heterocycles. The highest BCUT2D eigenvalue weighted by Gasteiger charge is 2.33. The lowest BCUT2D eigenvalue weighted by Crippen LogP contribution is -2.08. The predicted octanol–water partition coefficient (Wildman–Crippen LogP) is 3.08. The van der Waals surface area contributed by atoms with Crippen molar-refractivity contribution in [1.82, 2.24) is 9.55 Å². The molecule has 0 aliphatic carbocycles. The third kappa shape index (κ3) is 1.58. The van der Waals surface area contributed by atoms with E-state index in [4.69, 9.17) is 0 Å². The molecule has 0 unspecified atom stereocenters. The maximum atomic E-state index is 12.7. The number of alkyl halides is 3. The average molecular weight is 214 g/mol. The molecule has 0 atom stereocenters. The number of imidazole rings is 1. The third-order valence-corrected chi connectivity index (χ3v) is 2.28. The van der Waals surface area contributed by atoms with E-state index in [0.717, 1.165) is 6.07 Å². The summed E-state index contributed by atoms with van der Waals surface area (Å²) in [5.41, 5.74) is -0.0847. The Balaban J connectivity index is 2.78. The van der Waals surface area contributed by atoms with E-state index < -0.39 is 11.7 Å². The number of hydrogen-bond acceptors (Lipinski definition) is 1. The van der Waals surface area contributed by atoms with Crippen molar-refractivity contribution in [3.63, 3.8) is 0 Å². The van der Waals surface area contributed by atoms with Gasteiger partial charge in [0.1, 0.15) is 0 Å².